The first-order chi connectivity index (χ1) is 19.6. The van der Waals surface area contributed by atoms with Crippen LogP contribution in [0.15, 0.2) is 54.7 Å². The van der Waals surface area contributed by atoms with Gasteiger partial charge >= 0.3 is 12.4 Å². The van der Waals surface area contributed by atoms with Crippen molar-refractivity contribution < 1.29 is 35.9 Å². The van der Waals surface area contributed by atoms with Gasteiger partial charge in [0.2, 0.25) is 0 Å². The molecule has 10 nitrogen and oxygen atoms in total. The van der Waals surface area contributed by atoms with Crippen LogP contribution in [0.1, 0.15) is 57.3 Å². The summed E-state index contributed by atoms with van der Waals surface area (Å²) in [6.45, 7) is 7.39. The van der Waals surface area contributed by atoms with Crippen molar-refractivity contribution in [2.45, 2.75) is 39.7 Å². The third-order valence-electron chi connectivity index (χ3n) is 5.64. The highest BCUT2D eigenvalue weighted by molar-refractivity contribution is 6.09. The highest BCUT2D eigenvalue weighted by Gasteiger charge is 2.38. The molecule has 0 saturated heterocycles. The Bertz CT molecular complexity index is 1610. The lowest BCUT2D eigenvalue weighted by Crippen LogP contribution is -2.24. The molecule has 1 aromatic carbocycles. The van der Waals surface area contributed by atoms with E-state index in [1.54, 1.807) is 13.0 Å². The Morgan fingerprint density at radius 3 is 2.31 bits per heavy atom. The number of halogens is 6. The summed E-state index contributed by atoms with van der Waals surface area (Å²) in [5.74, 6) is -3.44. The quantitative estimate of drug-likeness (QED) is 0.260. The van der Waals surface area contributed by atoms with Crippen LogP contribution in [-0.2, 0) is 12.7 Å². The fraction of sp³-hybridized carbons (Fsp3) is 0.231. The number of alkyl halides is 6. The molecular weight excluding hydrogens is 570 g/mol. The molecule has 42 heavy (non-hydrogen) atoms. The van der Waals surface area contributed by atoms with Crippen LogP contribution in [0.25, 0.3) is 11.8 Å². The zero-order chi connectivity index (χ0) is 31.4. The number of nitrogens with one attached hydrogen (secondary N) is 1. The number of hydrogen-bond acceptors (Lipinski definition) is 6. The normalized spacial score (nSPS) is 13.1. The molecule has 0 atom stereocenters. The van der Waals surface area contributed by atoms with Crippen LogP contribution < -0.4 is 11.1 Å². The van der Waals surface area contributed by atoms with E-state index >= 15 is 0 Å². The van der Waals surface area contributed by atoms with Gasteiger partial charge in [0, 0.05) is 0 Å². The number of anilines is 1. The zero-order valence-electron chi connectivity index (χ0n) is 22.4. The largest absolute Gasteiger partial charge is 0.455 e. The number of carbonyl (C=O) groups excluding carboxylic acids is 2. The minimum absolute atomic E-state index is 0.0114. The van der Waals surface area contributed by atoms with E-state index in [9.17, 15) is 35.9 Å². The van der Waals surface area contributed by atoms with E-state index in [1.165, 1.54) is 32.1 Å². The third-order valence-corrected chi connectivity index (χ3v) is 5.64. The number of aryl methyl sites for hydroxylation is 1. The zero-order valence-corrected chi connectivity index (χ0v) is 22.4. The molecule has 16 heteroatoms. The summed E-state index contributed by atoms with van der Waals surface area (Å²) in [5.41, 5.74) is 3.93. The molecule has 0 fully saturated rings. The predicted octanol–water partition coefficient (Wildman–Crippen LogP) is 5.16. The number of tetrazole rings is 1. The van der Waals surface area contributed by atoms with E-state index in [4.69, 9.17) is 5.73 Å². The van der Waals surface area contributed by atoms with Crippen LogP contribution in [0.5, 0.6) is 0 Å². The van der Waals surface area contributed by atoms with Gasteiger partial charge < -0.3 is 11.1 Å². The molecule has 2 aromatic heterocycles. The van der Waals surface area contributed by atoms with E-state index in [1.807, 2.05) is 0 Å². The summed E-state index contributed by atoms with van der Waals surface area (Å²) in [5, 5.41) is 16.0. The lowest BCUT2D eigenvalue weighted by Gasteiger charge is -2.18. The van der Waals surface area contributed by atoms with Gasteiger partial charge in [-0.1, -0.05) is 30.9 Å². The maximum atomic E-state index is 14.1. The van der Waals surface area contributed by atoms with Crippen molar-refractivity contribution in [2.24, 2.45) is 5.73 Å². The van der Waals surface area contributed by atoms with Crippen molar-refractivity contribution in [2.75, 3.05) is 5.32 Å². The number of aromatic nitrogens is 6. The van der Waals surface area contributed by atoms with Gasteiger partial charge in [0.1, 0.15) is 12.2 Å². The second-order valence-corrected chi connectivity index (χ2v) is 8.63. The van der Waals surface area contributed by atoms with Gasteiger partial charge in [-0.2, -0.15) is 36.2 Å². The Balaban J connectivity index is 2.18. The van der Waals surface area contributed by atoms with E-state index in [0.717, 1.165) is 24.3 Å². The van der Waals surface area contributed by atoms with E-state index in [2.05, 4.69) is 32.4 Å². The van der Waals surface area contributed by atoms with Gasteiger partial charge in [-0.25, -0.2) is 4.68 Å². The summed E-state index contributed by atoms with van der Waals surface area (Å²) in [6, 6.07) is 4.01. The Labute approximate surface area is 234 Å². The second-order valence-electron chi connectivity index (χ2n) is 8.63. The summed E-state index contributed by atoms with van der Waals surface area (Å²) < 4.78 is 81.8. The van der Waals surface area contributed by atoms with Crippen molar-refractivity contribution in [3.63, 3.8) is 0 Å². The fourth-order valence-electron chi connectivity index (χ4n) is 3.80. The highest BCUT2D eigenvalue weighted by Crippen LogP contribution is 2.35. The molecule has 2 heterocycles. The lowest BCUT2D eigenvalue weighted by molar-refractivity contribution is -0.145. The van der Waals surface area contributed by atoms with E-state index in [-0.39, 0.29) is 16.9 Å². The molecule has 0 radical (unpaired) electrons. The molecule has 0 unspecified atom stereocenters. The van der Waals surface area contributed by atoms with Gasteiger partial charge in [-0.15, -0.1) is 10.2 Å². The fourth-order valence-corrected chi connectivity index (χ4v) is 3.80. The molecule has 2 amide bonds. The lowest BCUT2D eigenvalue weighted by atomic mass is 10.0. The van der Waals surface area contributed by atoms with Crippen molar-refractivity contribution in [1.29, 1.82) is 0 Å². The maximum absolute atomic E-state index is 14.1. The van der Waals surface area contributed by atoms with Gasteiger partial charge in [0.25, 0.3) is 17.6 Å². The summed E-state index contributed by atoms with van der Waals surface area (Å²) in [6.07, 6.45) is -4.01. The van der Waals surface area contributed by atoms with Crippen LogP contribution in [0.4, 0.5) is 32.0 Å². The minimum atomic E-state index is -4.90. The van der Waals surface area contributed by atoms with Crippen LogP contribution in [0, 0.1) is 6.92 Å². The molecule has 0 bridgehead atoms. The van der Waals surface area contributed by atoms with E-state index < -0.39 is 53.5 Å². The summed E-state index contributed by atoms with van der Waals surface area (Å²) >= 11 is 0. The predicted molar refractivity (Wildman–Crippen MR) is 141 cm³/mol. The monoisotopic (exact) mass is 594 g/mol. The maximum Gasteiger partial charge on any atom is 0.455 e. The number of benzene rings is 1. The number of allylic oxidation sites excluding steroid dienone is 6. The first-order valence-corrected chi connectivity index (χ1v) is 12.0. The number of rotatable bonds is 9. The Morgan fingerprint density at radius 2 is 1.79 bits per heavy atom. The Morgan fingerprint density at radius 1 is 1.10 bits per heavy atom. The Hall–Kier alpha value is -5.02. The molecule has 0 saturated carbocycles. The number of nitrogens with two attached hydrogens (primary N) is 1. The van der Waals surface area contributed by atoms with Gasteiger partial charge in [-0.05, 0) is 61.4 Å². The average Bonchev–Trinajstić information content (AvgIpc) is 3.54. The number of amides is 2. The SMILES string of the molecule is C=Cc1cc(C)c(NC(=O)c2cc(Cn3nnc(C(F)(F)F)n3)nn2C(=CC)/C(=C\C=C/C)C(F)(F)F)c(C(N)=O)c1. The average molecular weight is 595 g/mol. The molecule has 3 N–H and O–H groups in total. The van der Waals surface area contributed by atoms with Crippen molar-refractivity contribution in [3.8, 4) is 0 Å². The molecule has 222 valence electrons. The first-order valence-electron chi connectivity index (χ1n) is 12.0. The number of nitrogens with zero attached hydrogens (tertiary/aromatic N) is 6. The molecule has 0 aliphatic rings. The van der Waals surface area contributed by atoms with E-state index in [0.29, 0.717) is 20.6 Å². The van der Waals surface area contributed by atoms with Crippen LogP contribution in [0.2, 0.25) is 0 Å². The van der Waals surface area contributed by atoms with Crippen molar-refractivity contribution >= 4 is 29.3 Å². The number of primary amides is 1. The van der Waals surface area contributed by atoms with Gasteiger partial charge in [0.15, 0.2) is 0 Å². The molecule has 0 aliphatic carbocycles. The highest BCUT2D eigenvalue weighted by atomic mass is 19.4. The standard InChI is InChI=1S/C26H24F6N8O2/c1-5-8-9-18(25(27,28)29)19(7-3)40-20(12-16(36-40)13-39-37-24(35-38-39)26(30,31)32)23(42)34-21-14(4)10-15(6-2)11-17(21)22(33)41/h5-12H,2,13H2,1,3-4H3,(H2,33,41)(H,34,42)/b8-5-,18-9+,19-7?. The molecule has 0 spiro atoms. The van der Waals surface area contributed by atoms with Crippen LogP contribution in [-0.4, -0.2) is 48.0 Å². The molecule has 0 aliphatic heterocycles. The summed E-state index contributed by atoms with van der Waals surface area (Å²) in [4.78, 5) is 26.2. The summed E-state index contributed by atoms with van der Waals surface area (Å²) in [7, 11) is 0. The minimum Gasteiger partial charge on any atom is -0.366 e. The first kappa shape index (κ1) is 31.5. The smallest absolute Gasteiger partial charge is 0.366 e. The molecule has 3 aromatic rings. The van der Waals surface area contributed by atoms with Gasteiger partial charge in [0.05, 0.1) is 28.2 Å². The van der Waals surface area contributed by atoms with Gasteiger partial charge in [-0.3, -0.25) is 9.59 Å². The topological polar surface area (TPSA) is 134 Å². The van der Waals surface area contributed by atoms with Crippen molar-refractivity contribution in [1.82, 2.24) is 30.0 Å². The van der Waals surface area contributed by atoms with Crippen molar-refractivity contribution in [3.05, 3.63) is 88.6 Å². The van der Waals surface area contributed by atoms with Crippen LogP contribution >= 0.6 is 0 Å². The molecular formula is C26H24F6N8O2. The number of hydrogen-bond donors (Lipinski definition) is 2. The van der Waals surface area contributed by atoms with Crippen LogP contribution in [0.3, 0.4) is 0 Å². The molecule has 3 rings (SSSR count). The third kappa shape index (κ3) is 7.00. The Kier molecular flexibility index (Phi) is 9.18. The second kappa shape index (κ2) is 12.2. The number of carbonyl (C=O) groups is 2.